The predicted octanol–water partition coefficient (Wildman–Crippen LogP) is 17.0. The van der Waals surface area contributed by atoms with Gasteiger partial charge in [0.2, 0.25) is 5.91 Å². The minimum absolute atomic E-state index is 0.0514. The first kappa shape index (κ1) is 62.4. The second-order valence-corrected chi connectivity index (χ2v) is 22.1. The maximum Gasteiger partial charge on any atom is 0.306 e. The highest BCUT2D eigenvalue weighted by Gasteiger charge is 2.54. The molecule has 0 bridgehead atoms. The number of hydrogen-bond acceptors (Lipinski definition) is 6. The zero-order valence-electron chi connectivity index (χ0n) is 45.7. The van der Waals surface area contributed by atoms with Gasteiger partial charge in [-0.05, 0) is 76.4 Å². The molecule has 0 heterocycles. The normalized spacial score (nSPS) is 17.2. The zero-order valence-corrected chi connectivity index (χ0v) is 45.7. The van der Waals surface area contributed by atoms with Gasteiger partial charge >= 0.3 is 11.9 Å². The Labute approximate surface area is 411 Å². The van der Waals surface area contributed by atoms with Crippen LogP contribution in [0.2, 0.25) is 0 Å². The van der Waals surface area contributed by atoms with E-state index >= 15 is 0 Å². The molecule has 0 unspecified atom stereocenters. The molecule has 1 aliphatic carbocycles. The van der Waals surface area contributed by atoms with E-state index in [-0.39, 0.29) is 28.7 Å². The molecule has 66 heavy (non-hydrogen) atoms. The molecule has 0 N–H and O–H groups in total. The first-order valence-electron chi connectivity index (χ1n) is 29.3. The van der Waals surface area contributed by atoms with Crippen LogP contribution >= 0.6 is 0 Å². The Morgan fingerprint density at radius 3 is 1.15 bits per heavy atom. The van der Waals surface area contributed by atoms with Gasteiger partial charge in [0.25, 0.3) is 0 Å². The number of hydrogen-bond donors (Lipinski definition) is 0. The van der Waals surface area contributed by atoms with Gasteiger partial charge in [-0.15, -0.1) is 0 Å². The molecule has 0 atom stereocenters. The Morgan fingerprint density at radius 2 is 0.803 bits per heavy atom. The van der Waals surface area contributed by atoms with Crippen LogP contribution in [0.1, 0.15) is 292 Å². The molecule has 1 saturated carbocycles. The van der Waals surface area contributed by atoms with Crippen LogP contribution in [0.5, 0.6) is 0 Å². The summed E-state index contributed by atoms with van der Waals surface area (Å²) in [5.41, 5.74) is -0.526. The molecule has 0 radical (unpaired) electrons. The largest absolute Gasteiger partial charge is 0.465 e. The molecule has 0 saturated heterocycles. The monoisotopic (exact) mass is 931 g/mol. The summed E-state index contributed by atoms with van der Waals surface area (Å²) < 4.78 is 12.4. The van der Waals surface area contributed by atoms with Crippen molar-refractivity contribution in [1.29, 1.82) is 0 Å². The van der Waals surface area contributed by atoms with Crippen molar-refractivity contribution < 1.29 is 23.9 Å². The van der Waals surface area contributed by atoms with Crippen LogP contribution in [0, 0.1) is 22.7 Å². The van der Waals surface area contributed by atoms with Gasteiger partial charge in [0.15, 0.2) is 0 Å². The van der Waals surface area contributed by atoms with Gasteiger partial charge in [-0.1, -0.05) is 228 Å². The van der Waals surface area contributed by atoms with E-state index in [1.165, 1.54) is 180 Å². The van der Waals surface area contributed by atoms with Crippen molar-refractivity contribution in [2.24, 2.45) is 22.7 Å². The van der Waals surface area contributed by atoms with Crippen LogP contribution in [-0.2, 0) is 23.9 Å². The third-order valence-corrected chi connectivity index (χ3v) is 15.3. The number of rotatable bonds is 48. The van der Waals surface area contributed by atoms with E-state index in [0.717, 1.165) is 64.6 Å². The minimum atomic E-state index is -0.330. The lowest BCUT2D eigenvalue weighted by Crippen LogP contribution is -2.56. The van der Waals surface area contributed by atoms with Gasteiger partial charge in [0.05, 0.1) is 13.2 Å². The van der Waals surface area contributed by atoms with Gasteiger partial charge < -0.3 is 19.3 Å². The van der Waals surface area contributed by atoms with Gasteiger partial charge in [-0.2, -0.15) is 0 Å². The molecule has 1 rings (SSSR count). The lowest BCUT2D eigenvalue weighted by Gasteiger charge is -2.55. The summed E-state index contributed by atoms with van der Waals surface area (Å²) in [5, 5.41) is 0. The van der Waals surface area contributed by atoms with Crippen molar-refractivity contribution in [3.8, 4) is 0 Å². The number of unbranched alkanes of at least 4 members (excludes halogenated alkanes) is 24. The SMILES string of the molecule is CCCCCCCCCC(CCCCCCCCC)CC(=O)OCC1(C)CC(COC(=O)CC(CCCCCCCCC)CCCCCCCCC)(CN(C)C(=O)CCCN(CC)CC)C1. The molecule has 7 nitrogen and oxygen atoms in total. The second kappa shape index (κ2) is 41.2. The summed E-state index contributed by atoms with van der Waals surface area (Å²) in [7, 11) is 1.93. The van der Waals surface area contributed by atoms with Gasteiger partial charge in [0.1, 0.15) is 0 Å². The zero-order chi connectivity index (χ0) is 48.6. The van der Waals surface area contributed by atoms with Crippen LogP contribution < -0.4 is 0 Å². The lowest BCUT2D eigenvalue weighted by atomic mass is 9.54. The summed E-state index contributed by atoms with van der Waals surface area (Å²) in [6, 6.07) is 0. The van der Waals surface area contributed by atoms with E-state index in [4.69, 9.17) is 9.47 Å². The van der Waals surface area contributed by atoms with Crippen LogP contribution in [0.3, 0.4) is 0 Å². The van der Waals surface area contributed by atoms with E-state index in [9.17, 15) is 14.4 Å². The minimum Gasteiger partial charge on any atom is -0.465 e. The molecule has 0 aromatic heterocycles. The quantitative estimate of drug-likeness (QED) is 0.0447. The van der Waals surface area contributed by atoms with Crippen LogP contribution in [-0.4, -0.2) is 74.1 Å². The number of amides is 1. The summed E-state index contributed by atoms with van der Waals surface area (Å²) in [5.74, 6) is 0.806. The average molecular weight is 932 g/mol. The molecule has 0 aliphatic heterocycles. The molecule has 1 aliphatic rings. The van der Waals surface area contributed by atoms with Crippen LogP contribution in [0.25, 0.3) is 0 Å². The molecule has 0 spiro atoms. The highest BCUT2D eigenvalue weighted by Crippen LogP contribution is 2.55. The molecular weight excluding hydrogens is 817 g/mol. The number of carbonyl (C=O) groups excluding carboxylic acids is 3. The Kier molecular flexibility index (Phi) is 38.9. The van der Waals surface area contributed by atoms with Crippen molar-refractivity contribution in [2.75, 3.05) is 46.4 Å². The lowest BCUT2D eigenvalue weighted by molar-refractivity contribution is -0.170. The fraction of sp³-hybridized carbons (Fsp3) is 0.949. The molecule has 7 heteroatoms. The molecule has 0 aromatic carbocycles. The predicted molar refractivity (Wildman–Crippen MR) is 283 cm³/mol. The summed E-state index contributed by atoms with van der Waals surface area (Å²) in [6.45, 7) is 19.9. The Balaban J connectivity index is 2.95. The third kappa shape index (κ3) is 32.2. The van der Waals surface area contributed by atoms with Gasteiger partial charge in [-0.25, -0.2) is 0 Å². The Bertz CT molecular complexity index is 1110. The highest BCUT2D eigenvalue weighted by molar-refractivity contribution is 5.76. The summed E-state index contributed by atoms with van der Waals surface area (Å²) >= 11 is 0. The molecule has 0 aromatic rings. The van der Waals surface area contributed by atoms with Crippen molar-refractivity contribution in [3.63, 3.8) is 0 Å². The number of esters is 2. The molecule has 1 fully saturated rings. The van der Waals surface area contributed by atoms with E-state index in [1.54, 1.807) is 0 Å². The fourth-order valence-corrected chi connectivity index (χ4v) is 11.2. The van der Waals surface area contributed by atoms with E-state index in [0.29, 0.717) is 50.9 Å². The summed E-state index contributed by atoms with van der Waals surface area (Å²) in [6.07, 6.45) is 44.6. The second-order valence-electron chi connectivity index (χ2n) is 22.1. The number of ether oxygens (including phenoxy) is 2. The first-order chi connectivity index (χ1) is 32.0. The maximum atomic E-state index is 13.7. The van der Waals surface area contributed by atoms with Gasteiger partial charge in [0, 0.05) is 43.7 Å². The van der Waals surface area contributed by atoms with Crippen LogP contribution in [0.4, 0.5) is 0 Å². The highest BCUT2D eigenvalue weighted by atomic mass is 16.5. The van der Waals surface area contributed by atoms with E-state index in [1.807, 2.05) is 11.9 Å². The topological polar surface area (TPSA) is 76.1 Å². The molecule has 390 valence electrons. The molecule has 1 amide bonds. The fourth-order valence-electron chi connectivity index (χ4n) is 11.2. The standard InChI is InChI=1S/C59H114N2O5/c1-9-15-19-23-27-31-35-40-53(41-36-32-28-24-20-16-10-2)46-56(63)65-51-58(7)48-59(49-58,50-60(8)55(62)44-39-45-61(13-5)14-6)52-66-57(64)47-54(42-37-33-29-25-21-17-11-3)43-38-34-30-26-22-18-12-4/h53-54H,9-52H2,1-8H3. The third-order valence-electron chi connectivity index (χ3n) is 15.3. The van der Waals surface area contributed by atoms with Crippen molar-refractivity contribution in [2.45, 2.75) is 292 Å². The van der Waals surface area contributed by atoms with Gasteiger partial charge in [-0.3, -0.25) is 14.4 Å². The van der Waals surface area contributed by atoms with Crippen molar-refractivity contribution in [3.05, 3.63) is 0 Å². The van der Waals surface area contributed by atoms with Crippen molar-refractivity contribution in [1.82, 2.24) is 9.80 Å². The maximum absolute atomic E-state index is 13.7. The van der Waals surface area contributed by atoms with Crippen LogP contribution in [0.15, 0.2) is 0 Å². The Morgan fingerprint density at radius 1 is 0.470 bits per heavy atom. The smallest absolute Gasteiger partial charge is 0.306 e. The average Bonchev–Trinajstić information content (AvgIpc) is 3.29. The Hall–Kier alpha value is -1.63. The number of nitrogens with zero attached hydrogens (tertiary/aromatic N) is 2. The van der Waals surface area contributed by atoms with E-state index in [2.05, 4.69) is 53.4 Å². The van der Waals surface area contributed by atoms with Crippen molar-refractivity contribution >= 4 is 17.8 Å². The summed E-state index contributed by atoms with van der Waals surface area (Å²) in [4.78, 5) is 45.1. The first-order valence-corrected chi connectivity index (χ1v) is 29.3. The molecular formula is C59H114N2O5. The van der Waals surface area contributed by atoms with E-state index < -0.39 is 0 Å². The number of carbonyl (C=O) groups is 3.